The second-order valence-corrected chi connectivity index (χ2v) is 5.41. The normalized spacial score (nSPS) is 11.8. The van der Waals surface area contributed by atoms with Gasteiger partial charge in [-0.25, -0.2) is 4.39 Å². The summed E-state index contributed by atoms with van der Waals surface area (Å²) < 4.78 is 15.2. The van der Waals surface area contributed by atoms with Gasteiger partial charge in [0.15, 0.2) is 10.6 Å². The van der Waals surface area contributed by atoms with E-state index in [4.69, 9.17) is 12.2 Å². The Kier molecular flexibility index (Phi) is 2.98. The Morgan fingerprint density at radius 2 is 2.06 bits per heavy atom. The van der Waals surface area contributed by atoms with Crippen molar-refractivity contribution >= 4 is 12.2 Å². The van der Waals surface area contributed by atoms with Crippen LogP contribution in [-0.4, -0.2) is 19.9 Å². The molecule has 0 fully saturated rings. The van der Waals surface area contributed by atoms with Crippen LogP contribution in [0.15, 0.2) is 18.2 Å². The number of aromatic nitrogens is 3. The highest BCUT2D eigenvalue weighted by molar-refractivity contribution is 7.71. The molecule has 2 rings (SSSR count). The largest absolute Gasteiger partial charge is 0.507 e. The summed E-state index contributed by atoms with van der Waals surface area (Å²) in [6.07, 6.45) is 0. The number of H-pyrrole nitrogens is 1. The molecule has 0 unspecified atom stereocenters. The minimum Gasteiger partial charge on any atom is -0.507 e. The van der Waals surface area contributed by atoms with Gasteiger partial charge in [-0.1, -0.05) is 0 Å². The van der Waals surface area contributed by atoms with Crippen molar-refractivity contribution in [2.24, 2.45) is 0 Å². The zero-order valence-corrected chi connectivity index (χ0v) is 11.2. The van der Waals surface area contributed by atoms with Crippen LogP contribution in [0, 0.1) is 10.6 Å². The van der Waals surface area contributed by atoms with E-state index in [0.29, 0.717) is 16.2 Å². The summed E-state index contributed by atoms with van der Waals surface area (Å²) >= 11 is 5.18. The molecule has 6 heteroatoms. The topological polar surface area (TPSA) is 53.8 Å². The van der Waals surface area contributed by atoms with Gasteiger partial charge in [0, 0.05) is 11.6 Å². The van der Waals surface area contributed by atoms with Gasteiger partial charge in [0.1, 0.15) is 11.6 Å². The van der Waals surface area contributed by atoms with Crippen molar-refractivity contribution < 1.29 is 9.50 Å². The van der Waals surface area contributed by atoms with Crippen molar-refractivity contribution in [2.45, 2.75) is 26.3 Å². The number of nitrogens with zero attached hydrogens (tertiary/aromatic N) is 2. The standard InChI is InChI=1S/C12H14FN3OS/c1-12(2,3)16-10(14-15-11(16)18)8-5-4-7(13)6-9(8)17/h4-6,17H,1-3H3,(H,15,18). The summed E-state index contributed by atoms with van der Waals surface area (Å²) in [5.74, 6) is -0.160. The Hall–Kier alpha value is -1.69. The number of hydrogen-bond acceptors (Lipinski definition) is 3. The first-order valence-corrected chi connectivity index (χ1v) is 5.88. The lowest BCUT2D eigenvalue weighted by Crippen LogP contribution is -2.23. The maximum absolute atomic E-state index is 13.0. The average Bonchev–Trinajstić information content (AvgIpc) is 2.59. The first kappa shape index (κ1) is 12.8. The van der Waals surface area contributed by atoms with Crippen LogP contribution in [-0.2, 0) is 5.54 Å². The molecule has 0 saturated carbocycles. The molecule has 4 nitrogen and oxygen atoms in total. The fourth-order valence-corrected chi connectivity index (χ4v) is 2.20. The Morgan fingerprint density at radius 3 is 2.61 bits per heavy atom. The van der Waals surface area contributed by atoms with Gasteiger partial charge in [0.2, 0.25) is 0 Å². The maximum Gasteiger partial charge on any atom is 0.195 e. The molecule has 18 heavy (non-hydrogen) atoms. The van der Waals surface area contributed by atoms with Crippen LogP contribution in [0.25, 0.3) is 11.4 Å². The Morgan fingerprint density at radius 1 is 1.39 bits per heavy atom. The van der Waals surface area contributed by atoms with Crippen molar-refractivity contribution in [1.82, 2.24) is 14.8 Å². The number of aromatic hydroxyl groups is 1. The average molecular weight is 267 g/mol. The van der Waals surface area contributed by atoms with Crippen molar-refractivity contribution in [3.05, 3.63) is 28.8 Å². The Bertz CT molecular complexity index is 640. The second-order valence-electron chi connectivity index (χ2n) is 5.02. The van der Waals surface area contributed by atoms with Crippen LogP contribution in [0.3, 0.4) is 0 Å². The quantitative estimate of drug-likeness (QED) is 0.780. The van der Waals surface area contributed by atoms with Crippen molar-refractivity contribution in [2.75, 3.05) is 0 Å². The molecule has 0 aliphatic carbocycles. The molecule has 1 aromatic heterocycles. The van der Waals surface area contributed by atoms with Crippen molar-refractivity contribution in [1.29, 1.82) is 0 Å². The predicted molar refractivity (Wildman–Crippen MR) is 69.5 cm³/mol. The van der Waals surface area contributed by atoms with E-state index in [1.807, 2.05) is 20.8 Å². The highest BCUT2D eigenvalue weighted by Gasteiger charge is 2.22. The first-order chi connectivity index (χ1) is 8.30. The predicted octanol–water partition coefficient (Wildman–Crippen LogP) is 3.21. The first-order valence-electron chi connectivity index (χ1n) is 5.47. The molecule has 2 N–H and O–H groups in total. The molecule has 0 bridgehead atoms. The third-order valence-electron chi connectivity index (χ3n) is 2.54. The minimum absolute atomic E-state index is 0.158. The summed E-state index contributed by atoms with van der Waals surface area (Å²) in [6, 6.07) is 3.82. The lowest BCUT2D eigenvalue weighted by Gasteiger charge is -2.22. The van der Waals surface area contributed by atoms with Crippen LogP contribution in [0.4, 0.5) is 4.39 Å². The molecular formula is C12H14FN3OS. The van der Waals surface area contributed by atoms with Gasteiger partial charge in [-0.15, -0.1) is 0 Å². The molecule has 1 aromatic carbocycles. The number of nitrogens with one attached hydrogen (secondary N) is 1. The van der Waals surface area contributed by atoms with Crippen LogP contribution in [0.5, 0.6) is 5.75 Å². The molecule has 0 saturated heterocycles. The highest BCUT2D eigenvalue weighted by atomic mass is 32.1. The fraction of sp³-hybridized carbons (Fsp3) is 0.333. The van der Waals surface area contributed by atoms with Crippen molar-refractivity contribution in [3.8, 4) is 17.1 Å². The molecule has 0 atom stereocenters. The summed E-state index contributed by atoms with van der Waals surface area (Å²) in [7, 11) is 0. The molecule has 0 aliphatic heterocycles. The van der Waals surface area contributed by atoms with E-state index >= 15 is 0 Å². The van der Waals surface area contributed by atoms with Crippen LogP contribution in [0.1, 0.15) is 20.8 Å². The van der Waals surface area contributed by atoms with Crippen LogP contribution < -0.4 is 0 Å². The van der Waals surface area contributed by atoms with E-state index in [9.17, 15) is 9.50 Å². The minimum atomic E-state index is -0.493. The van der Waals surface area contributed by atoms with Gasteiger partial charge >= 0.3 is 0 Å². The summed E-state index contributed by atoms with van der Waals surface area (Å²) in [6.45, 7) is 5.92. The number of halogens is 1. The van der Waals surface area contributed by atoms with Crippen LogP contribution >= 0.6 is 12.2 Å². The van der Waals surface area contributed by atoms with Crippen molar-refractivity contribution in [3.63, 3.8) is 0 Å². The SMILES string of the molecule is CC(C)(C)n1c(-c2ccc(F)cc2O)n[nH]c1=S. The fourth-order valence-electron chi connectivity index (χ4n) is 1.79. The molecule has 1 heterocycles. The maximum atomic E-state index is 13.0. The number of hydrogen-bond donors (Lipinski definition) is 2. The lowest BCUT2D eigenvalue weighted by atomic mass is 10.1. The molecular weight excluding hydrogens is 253 g/mol. The number of benzene rings is 1. The number of phenols is 1. The molecule has 0 amide bonds. The number of phenolic OH excluding ortho intramolecular Hbond substituents is 1. The smallest absolute Gasteiger partial charge is 0.195 e. The zero-order valence-electron chi connectivity index (χ0n) is 10.4. The third kappa shape index (κ3) is 2.15. The van der Waals surface area contributed by atoms with E-state index in [2.05, 4.69) is 10.2 Å². The summed E-state index contributed by atoms with van der Waals surface area (Å²) in [4.78, 5) is 0. The number of aromatic amines is 1. The van der Waals surface area contributed by atoms with Gasteiger partial charge in [0.25, 0.3) is 0 Å². The molecule has 0 radical (unpaired) electrons. The Balaban J connectivity index is 2.69. The second kappa shape index (κ2) is 4.20. The summed E-state index contributed by atoms with van der Waals surface area (Å²) in [5, 5.41) is 16.6. The van der Waals surface area contributed by atoms with Gasteiger partial charge in [0.05, 0.1) is 5.56 Å². The van der Waals surface area contributed by atoms with E-state index in [1.165, 1.54) is 12.1 Å². The van der Waals surface area contributed by atoms with Crippen LogP contribution in [0.2, 0.25) is 0 Å². The van der Waals surface area contributed by atoms with E-state index in [-0.39, 0.29) is 11.3 Å². The summed E-state index contributed by atoms with van der Waals surface area (Å²) in [5.41, 5.74) is 0.152. The van der Waals surface area contributed by atoms with Gasteiger partial charge in [-0.2, -0.15) is 5.10 Å². The lowest BCUT2D eigenvalue weighted by molar-refractivity contribution is 0.394. The van der Waals surface area contributed by atoms with Gasteiger partial charge in [-0.3, -0.25) is 9.67 Å². The Labute approximate surface area is 109 Å². The zero-order chi connectivity index (χ0) is 13.5. The van der Waals surface area contributed by atoms with E-state index < -0.39 is 5.82 Å². The van der Waals surface area contributed by atoms with E-state index in [1.54, 1.807) is 4.57 Å². The third-order valence-corrected chi connectivity index (χ3v) is 2.82. The van der Waals surface area contributed by atoms with E-state index in [0.717, 1.165) is 6.07 Å². The van der Waals surface area contributed by atoms with Gasteiger partial charge < -0.3 is 5.11 Å². The monoisotopic (exact) mass is 267 g/mol. The molecule has 96 valence electrons. The number of rotatable bonds is 1. The molecule has 0 spiro atoms. The highest BCUT2D eigenvalue weighted by Crippen LogP contribution is 2.31. The van der Waals surface area contributed by atoms with Gasteiger partial charge in [-0.05, 0) is 45.1 Å². The molecule has 2 aromatic rings. The molecule has 0 aliphatic rings.